The average Bonchev–Trinajstić information content (AvgIpc) is 2.88. The molecule has 0 aliphatic rings. The highest BCUT2D eigenvalue weighted by atomic mass is 32.1. The maximum Gasteiger partial charge on any atom is 0.175 e. The Balaban J connectivity index is 2.20. The van der Waals surface area contributed by atoms with E-state index in [2.05, 4.69) is 5.16 Å². The van der Waals surface area contributed by atoms with Crippen LogP contribution in [0.4, 0.5) is 5.82 Å². The molecule has 0 bridgehead atoms. The molecule has 2 N–H and O–H groups in total. The molecule has 2 heterocycles. The molecule has 0 unspecified atom stereocenters. The Morgan fingerprint density at radius 1 is 1.56 bits per heavy atom. The number of nitrogens with zero attached hydrogens (tertiary/aromatic N) is 1. The Morgan fingerprint density at radius 2 is 2.44 bits per heavy atom. The minimum absolute atomic E-state index is 0.453. The van der Waals surface area contributed by atoms with Gasteiger partial charge in [0, 0.05) is 17.9 Å². The van der Waals surface area contributed by atoms with Crippen LogP contribution in [0.25, 0.3) is 10.4 Å². The molecule has 0 saturated carbocycles. The molecular weight excluding hydrogens is 224 g/mol. The van der Waals surface area contributed by atoms with Crippen molar-refractivity contribution in [2.24, 2.45) is 0 Å². The fraction of sp³-hybridized carbons (Fsp3) is 0.364. The van der Waals surface area contributed by atoms with E-state index >= 15 is 0 Å². The monoisotopic (exact) mass is 238 g/mol. The van der Waals surface area contributed by atoms with Crippen molar-refractivity contribution < 1.29 is 9.26 Å². The van der Waals surface area contributed by atoms with E-state index < -0.39 is 0 Å². The zero-order chi connectivity index (χ0) is 11.4. The smallest absolute Gasteiger partial charge is 0.175 e. The van der Waals surface area contributed by atoms with Gasteiger partial charge in [-0.2, -0.15) is 0 Å². The predicted octanol–water partition coefficient (Wildman–Crippen LogP) is 2.56. The number of rotatable bonds is 5. The lowest BCUT2D eigenvalue weighted by molar-refractivity contribution is 0.145. The number of nitrogen functional groups attached to an aromatic ring is 1. The van der Waals surface area contributed by atoms with Gasteiger partial charge in [0.05, 0.1) is 12.2 Å². The third-order valence-electron chi connectivity index (χ3n) is 2.23. The van der Waals surface area contributed by atoms with Gasteiger partial charge in [-0.05, 0) is 18.4 Å². The summed E-state index contributed by atoms with van der Waals surface area (Å²) in [7, 11) is 0. The summed E-state index contributed by atoms with van der Waals surface area (Å²) in [5, 5.41) is 5.81. The number of anilines is 1. The Kier molecular flexibility index (Phi) is 3.58. The maximum atomic E-state index is 5.80. The highest BCUT2D eigenvalue weighted by Crippen LogP contribution is 2.33. The van der Waals surface area contributed by atoms with Gasteiger partial charge in [-0.1, -0.05) is 11.2 Å². The van der Waals surface area contributed by atoms with Gasteiger partial charge >= 0.3 is 0 Å². The highest BCUT2D eigenvalue weighted by Gasteiger charge is 2.16. The summed E-state index contributed by atoms with van der Waals surface area (Å²) < 4.78 is 10.5. The molecule has 5 heteroatoms. The van der Waals surface area contributed by atoms with Crippen LogP contribution in [0.1, 0.15) is 12.7 Å². The minimum Gasteiger partial charge on any atom is -0.381 e. The molecule has 0 aliphatic carbocycles. The molecule has 2 aromatic rings. The highest BCUT2D eigenvalue weighted by molar-refractivity contribution is 7.13. The normalized spacial score (nSPS) is 10.8. The molecule has 0 aromatic carbocycles. The van der Waals surface area contributed by atoms with Gasteiger partial charge in [0.1, 0.15) is 5.76 Å². The molecule has 0 fully saturated rings. The van der Waals surface area contributed by atoms with Crippen LogP contribution in [0.15, 0.2) is 22.0 Å². The van der Waals surface area contributed by atoms with Gasteiger partial charge in [-0.15, -0.1) is 11.3 Å². The van der Waals surface area contributed by atoms with Crippen LogP contribution in [0.2, 0.25) is 0 Å². The van der Waals surface area contributed by atoms with E-state index in [1.165, 1.54) is 0 Å². The molecule has 16 heavy (non-hydrogen) atoms. The van der Waals surface area contributed by atoms with Crippen molar-refractivity contribution in [3.8, 4) is 10.4 Å². The topological polar surface area (TPSA) is 61.3 Å². The standard InChI is InChI=1S/C11H14N2O2S/c1-2-14-6-5-8-10(11(12)13-15-8)9-4-3-7-16-9/h3-4,7H,2,5-6H2,1H3,(H2,12,13). The van der Waals surface area contributed by atoms with Gasteiger partial charge in [-0.3, -0.25) is 0 Å². The zero-order valence-electron chi connectivity index (χ0n) is 9.10. The molecule has 0 spiro atoms. The molecule has 0 saturated heterocycles. The van der Waals surface area contributed by atoms with Gasteiger partial charge in [0.15, 0.2) is 5.82 Å². The van der Waals surface area contributed by atoms with Gasteiger partial charge in [0.2, 0.25) is 0 Å². The molecule has 0 atom stereocenters. The summed E-state index contributed by atoms with van der Waals surface area (Å²) >= 11 is 1.63. The van der Waals surface area contributed by atoms with E-state index in [4.69, 9.17) is 15.0 Å². The Morgan fingerprint density at radius 3 is 3.12 bits per heavy atom. The average molecular weight is 238 g/mol. The van der Waals surface area contributed by atoms with Crippen molar-refractivity contribution in [1.82, 2.24) is 5.16 Å². The summed E-state index contributed by atoms with van der Waals surface area (Å²) in [6, 6.07) is 4.00. The Hall–Kier alpha value is -1.33. The zero-order valence-corrected chi connectivity index (χ0v) is 9.92. The molecule has 0 aliphatic heterocycles. The predicted molar refractivity (Wildman–Crippen MR) is 64.4 cm³/mol. The van der Waals surface area contributed by atoms with Gasteiger partial charge < -0.3 is 15.0 Å². The Labute approximate surface area is 98.0 Å². The van der Waals surface area contributed by atoms with Crippen LogP contribution in [-0.2, 0) is 11.2 Å². The summed E-state index contributed by atoms with van der Waals surface area (Å²) in [4.78, 5) is 1.09. The number of hydrogen-bond donors (Lipinski definition) is 1. The summed E-state index contributed by atoms with van der Waals surface area (Å²) in [6.45, 7) is 3.30. The van der Waals surface area contributed by atoms with E-state index in [0.717, 1.165) is 16.2 Å². The summed E-state index contributed by atoms with van der Waals surface area (Å²) in [5.41, 5.74) is 6.71. The second-order valence-corrected chi connectivity index (χ2v) is 4.24. The maximum absolute atomic E-state index is 5.80. The van der Waals surface area contributed by atoms with Crippen molar-refractivity contribution >= 4 is 17.2 Å². The van der Waals surface area contributed by atoms with Gasteiger partial charge in [-0.25, -0.2) is 0 Å². The lowest BCUT2D eigenvalue weighted by atomic mass is 10.1. The van der Waals surface area contributed by atoms with Crippen LogP contribution < -0.4 is 5.73 Å². The van der Waals surface area contributed by atoms with Crippen molar-refractivity contribution in [2.75, 3.05) is 18.9 Å². The van der Waals surface area contributed by atoms with E-state index in [9.17, 15) is 0 Å². The lowest BCUT2D eigenvalue weighted by Crippen LogP contribution is -1.98. The summed E-state index contributed by atoms with van der Waals surface area (Å²) in [6.07, 6.45) is 0.700. The number of thiophene rings is 1. The van der Waals surface area contributed by atoms with Crippen LogP contribution in [0.5, 0.6) is 0 Å². The van der Waals surface area contributed by atoms with E-state index in [-0.39, 0.29) is 0 Å². The number of ether oxygens (including phenoxy) is 1. The number of aromatic nitrogens is 1. The van der Waals surface area contributed by atoms with Crippen LogP contribution in [0.3, 0.4) is 0 Å². The molecular formula is C11H14N2O2S. The van der Waals surface area contributed by atoms with Crippen molar-refractivity contribution in [1.29, 1.82) is 0 Å². The molecule has 2 aromatic heterocycles. The second kappa shape index (κ2) is 5.14. The van der Waals surface area contributed by atoms with Crippen LogP contribution >= 0.6 is 11.3 Å². The third kappa shape index (κ3) is 2.25. The van der Waals surface area contributed by atoms with Crippen LogP contribution in [-0.4, -0.2) is 18.4 Å². The van der Waals surface area contributed by atoms with Crippen molar-refractivity contribution in [3.63, 3.8) is 0 Å². The Bertz CT molecular complexity index is 437. The second-order valence-electron chi connectivity index (χ2n) is 3.29. The van der Waals surface area contributed by atoms with Gasteiger partial charge in [0.25, 0.3) is 0 Å². The first-order valence-electron chi connectivity index (χ1n) is 5.18. The molecule has 86 valence electrons. The first kappa shape index (κ1) is 11.2. The number of nitrogens with two attached hydrogens (primary N) is 1. The molecule has 0 radical (unpaired) electrons. The fourth-order valence-corrected chi connectivity index (χ4v) is 2.30. The van der Waals surface area contributed by atoms with Crippen molar-refractivity contribution in [2.45, 2.75) is 13.3 Å². The third-order valence-corrected chi connectivity index (χ3v) is 3.12. The van der Waals surface area contributed by atoms with Crippen molar-refractivity contribution in [3.05, 3.63) is 23.3 Å². The fourth-order valence-electron chi connectivity index (χ4n) is 1.50. The largest absolute Gasteiger partial charge is 0.381 e. The van der Waals surface area contributed by atoms with Crippen LogP contribution in [0, 0.1) is 0 Å². The van der Waals surface area contributed by atoms with E-state index in [1.54, 1.807) is 11.3 Å². The first-order valence-corrected chi connectivity index (χ1v) is 6.06. The summed E-state index contributed by atoms with van der Waals surface area (Å²) in [5.74, 6) is 1.25. The van der Waals surface area contributed by atoms with E-state index in [1.807, 2.05) is 24.4 Å². The molecule has 2 rings (SSSR count). The SMILES string of the molecule is CCOCCc1onc(N)c1-c1cccs1. The number of hydrogen-bond acceptors (Lipinski definition) is 5. The lowest BCUT2D eigenvalue weighted by Gasteiger charge is -2.00. The molecule has 4 nitrogen and oxygen atoms in total. The quantitative estimate of drug-likeness (QED) is 0.813. The molecule has 0 amide bonds. The van der Waals surface area contributed by atoms with E-state index in [0.29, 0.717) is 25.5 Å². The first-order chi connectivity index (χ1) is 7.83. The minimum atomic E-state index is 0.453.